The largest absolute Gasteiger partial charge is 0.395 e. The highest BCUT2D eigenvalue weighted by molar-refractivity contribution is 5.94. The Morgan fingerprint density at radius 1 is 1.77 bits per heavy atom. The smallest absolute Gasteiger partial charge is 0.254 e. The SMILES string of the molecule is Cc1c(C(=O)NCCO)cnn1C. The number of aliphatic hydroxyl groups excluding tert-OH is 1. The molecule has 5 nitrogen and oxygen atoms in total. The summed E-state index contributed by atoms with van der Waals surface area (Å²) in [5.41, 5.74) is 1.37. The number of carbonyl (C=O) groups excluding carboxylic acids is 1. The first kappa shape index (κ1) is 9.73. The average molecular weight is 183 g/mol. The topological polar surface area (TPSA) is 67.2 Å². The highest BCUT2D eigenvalue weighted by Crippen LogP contribution is 2.04. The summed E-state index contributed by atoms with van der Waals surface area (Å²) in [7, 11) is 1.78. The fourth-order valence-electron chi connectivity index (χ4n) is 0.986. The van der Waals surface area contributed by atoms with Crippen LogP contribution in [0.15, 0.2) is 6.20 Å². The molecule has 13 heavy (non-hydrogen) atoms. The summed E-state index contributed by atoms with van der Waals surface area (Å²) in [6, 6.07) is 0. The third-order valence-corrected chi connectivity index (χ3v) is 1.88. The van der Waals surface area contributed by atoms with Gasteiger partial charge in [0.1, 0.15) is 0 Å². The van der Waals surface area contributed by atoms with Crippen LogP contribution in [0.25, 0.3) is 0 Å². The standard InChI is InChI=1S/C8H13N3O2/c1-6-7(5-10-11(6)2)8(13)9-3-4-12/h5,12H,3-4H2,1-2H3,(H,9,13). The molecule has 0 saturated carbocycles. The van der Waals surface area contributed by atoms with E-state index in [1.165, 1.54) is 6.20 Å². The van der Waals surface area contributed by atoms with Crippen molar-refractivity contribution >= 4 is 5.91 Å². The Hall–Kier alpha value is -1.36. The van der Waals surface area contributed by atoms with Crippen molar-refractivity contribution in [1.29, 1.82) is 0 Å². The number of aliphatic hydroxyl groups is 1. The number of nitrogens with one attached hydrogen (secondary N) is 1. The Balaban J connectivity index is 2.71. The van der Waals surface area contributed by atoms with E-state index in [-0.39, 0.29) is 19.1 Å². The van der Waals surface area contributed by atoms with Crippen LogP contribution in [0.1, 0.15) is 16.1 Å². The minimum absolute atomic E-state index is 0.0505. The summed E-state index contributed by atoms with van der Waals surface area (Å²) in [4.78, 5) is 11.4. The van der Waals surface area contributed by atoms with Gasteiger partial charge in [-0.05, 0) is 6.92 Å². The second kappa shape index (κ2) is 4.04. The molecule has 2 N–H and O–H groups in total. The van der Waals surface area contributed by atoms with Crippen molar-refractivity contribution in [3.05, 3.63) is 17.5 Å². The zero-order valence-corrected chi connectivity index (χ0v) is 7.74. The quantitative estimate of drug-likeness (QED) is 0.660. The van der Waals surface area contributed by atoms with E-state index in [1.54, 1.807) is 11.7 Å². The molecule has 0 aliphatic rings. The molecule has 0 aliphatic heterocycles. The van der Waals surface area contributed by atoms with Crippen molar-refractivity contribution in [2.24, 2.45) is 7.05 Å². The number of amides is 1. The van der Waals surface area contributed by atoms with Crippen LogP contribution in [0.3, 0.4) is 0 Å². The van der Waals surface area contributed by atoms with E-state index in [4.69, 9.17) is 5.11 Å². The average Bonchev–Trinajstić information content (AvgIpc) is 2.44. The number of rotatable bonds is 3. The van der Waals surface area contributed by atoms with Crippen LogP contribution in [0.5, 0.6) is 0 Å². The third kappa shape index (κ3) is 2.06. The predicted octanol–water partition coefficient (Wildman–Crippen LogP) is -0.549. The highest BCUT2D eigenvalue weighted by Gasteiger charge is 2.11. The molecule has 1 aromatic heterocycles. The monoisotopic (exact) mass is 183 g/mol. The van der Waals surface area contributed by atoms with Gasteiger partial charge in [0.15, 0.2) is 0 Å². The van der Waals surface area contributed by atoms with Gasteiger partial charge in [-0.25, -0.2) is 0 Å². The number of hydrogen-bond donors (Lipinski definition) is 2. The number of carbonyl (C=O) groups is 1. The van der Waals surface area contributed by atoms with Crippen LogP contribution in [0.2, 0.25) is 0 Å². The van der Waals surface area contributed by atoms with Gasteiger partial charge in [0, 0.05) is 19.3 Å². The van der Waals surface area contributed by atoms with Crippen molar-refractivity contribution < 1.29 is 9.90 Å². The Morgan fingerprint density at radius 2 is 2.46 bits per heavy atom. The van der Waals surface area contributed by atoms with Crippen molar-refractivity contribution in [2.75, 3.05) is 13.2 Å². The fourth-order valence-corrected chi connectivity index (χ4v) is 0.986. The predicted molar refractivity (Wildman–Crippen MR) is 47.4 cm³/mol. The molecule has 1 amide bonds. The zero-order chi connectivity index (χ0) is 9.84. The molecule has 0 fully saturated rings. The maximum Gasteiger partial charge on any atom is 0.254 e. The van der Waals surface area contributed by atoms with E-state index >= 15 is 0 Å². The van der Waals surface area contributed by atoms with E-state index in [9.17, 15) is 4.79 Å². The van der Waals surface area contributed by atoms with E-state index in [2.05, 4.69) is 10.4 Å². The zero-order valence-electron chi connectivity index (χ0n) is 7.74. The number of aryl methyl sites for hydroxylation is 1. The van der Waals surface area contributed by atoms with Crippen molar-refractivity contribution in [3.8, 4) is 0 Å². The van der Waals surface area contributed by atoms with Crippen LogP contribution in [0, 0.1) is 6.92 Å². The van der Waals surface area contributed by atoms with Crippen LogP contribution in [0.4, 0.5) is 0 Å². The van der Waals surface area contributed by atoms with E-state index in [0.717, 1.165) is 5.69 Å². The summed E-state index contributed by atoms with van der Waals surface area (Å²) < 4.78 is 1.63. The van der Waals surface area contributed by atoms with Gasteiger partial charge in [0.25, 0.3) is 5.91 Å². The van der Waals surface area contributed by atoms with Gasteiger partial charge in [-0.15, -0.1) is 0 Å². The minimum atomic E-state index is -0.195. The summed E-state index contributed by atoms with van der Waals surface area (Å²) in [6.07, 6.45) is 1.52. The molecule has 72 valence electrons. The molecule has 0 spiro atoms. The van der Waals surface area contributed by atoms with E-state index in [0.29, 0.717) is 5.56 Å². The third-order valence-electron chi connectivity index (χ3n) is 1.88. The molecule has 1 heterocycles. The van der Waals surface area contributed by atoms with Crippen LogP contribution in [-0.2, 0) is 7.05 Å². The molecule has 0 atom stereocenters. The summed E-state index contributed by atoms with van der Waals surface area (Å²) in [5.74, 6) is -0.195. The van der Waals surface area contributed by atoms with Gasteiger partial charge >= 0.3 is 0 Å². The van der Waals surface area contributed by atoms with Gasteiger partial charge in [-0.2, -0.15) is 5.10 Å². The highest BCUT2D eigenvalue weighted by atomic mass is 16.3. The molecule has 1 rings (SSSR count). The summed E-state index contributed by atoms with van der Waals surface area (Å²) in [6.45, 7) is 2.04. The molecule has 1 aromatic rings. The first-order valence-electron chi connectivity index (χ1n) is 4.04. The lowest BCUT2D eigenvalue weighted by Crippen LogP contribution is -2.26. The van der Waals surface area contributed by atoms with Crippen molar-refractivity contribution in [1.82, 2.24) is 15.1 Å². The van der Waals surface area contributed by atoms with Gasteiger partial charge in [0.05, 0.1) is 18.4 Å². The first-order valence-corrected chi connectivity index (χ1v) is 4.04. The molecule has 0 aliphatic carbocycles. The molecular weight excluding hydrogens is 170 g/mol. The molecule has 0 bridgehead atoms. The fraction of sp³-hybridized carbons (Fsp3) is 0.500. The lowest BCUT2D eigenvalue weighted by Gasteiger charge is -2.01. The first-order chi connectivity index (χ1) is 6.16. The normalized spacial score (nSPS) is 10.1. The van der Waals surface area contributed by atoms with Crippen LogP contribution < -0.4 is 5.32 Å². The van der Waals surface area contributed by atoms with E-state index in [1.807, 2.05) is 6.92 Å². The Morgan fingerprint density at radius 3 is 2.92 bits per heavy atom. The molecule has 0 unspecified atom stereocenters. The number of aromatic nitrogens is 2. The Bertz CT molecular complexity index is 306. The number of nitrogens with zero attached hydrogens (tertiary/aromatic N) is 2. The van der Waals surface area contributed by atoms with Crippen molar-refractivity contribution in [3.63, 3.8) is 0 Å². The minimum Gasteiger partial charge on any atom is -0.395 e. The summed E-state index contributed by atoms with van der Waals surface area (Å²) >= 11 is 0. The van der Waals surface area contributed by atoms with Gasteiger partial charge < -0.3 is 10.4 Å². The Kier molecular flexibility index (Phi) is 3.02. The van der Waals surface area contributed by atoms with E-state index < -0.39 is 0 Å². The molecular formula is C8H13N3O2. The second-order valence-corrected chi connectivity index (χ2v) is 2.75. The lowest BCUT2D eigenvalue weighted by atomic mass is 10.2. The molecule has 5 heteroatoms. The van der Waals surface area contributed by atoms with Gasteiger partial charge in [-0.3, -0.25) is 9.48 Å². The molecule has 0 radical (unpaired) electrons. The molecule has 0 saturated heterocycles. The number of hydrogen-bond acceptors (Lipinski definition) is 3. The van der Waals surface area contributed by atoms with Crippen molar-refractivity contribution in [2.45, 2.75) is 6.92 Å². The van der Waals surface area contributed by atoms with Gasteiger partial charge in [0.2, 0.25) is 0 Å². The van der Waals surface area contributed by atoms with Crippen LogP contribution in [-0.4, -0.2) is 33.9 Å². The van der Waals surface area contributed by atoms with Crippen LogP contribution >= 0.6 is 0 Å². The second-order valence-electron chi connectivity index (χ2n) is 2.75. The molecule has 0 aromatic carbocycles. The maximum absolute atomic E-state index is 11.4. The summed E-state index contributed by atoms with van der Waals surface area (Å²) in [5, 5.41) is 15.0. The Labute approximate surface area is 76.4 Å². The maximum atomic E-state index is 11.4. The van der Waals surface area contributed by atoms with Gasteiger partial charge in [-0.1, -0.05) is 0 Å². The lowest BCUT2D eigenvalue weighted by molar-refractivity contribution is 0.0944.